The predicted molar refractivity (Wildman–Crippen MR) is 139 cm³/mol. The topological polar surface area (TPSA) is 192 Å². The number of carbonyl (C=O) groups is 3. The molecule has 0 bridgehead atoms. The molecule has 0 aromatic heterocycles. The highest BCUT2D eigenvalue weighted by Crippen LogP contribution is 2.18. The van der Waals surface area contributed by atoms with Gasteiger partial charge >= 0.3 is 11.9 Å². The fourth-order valence-electron chi connectivity index (χ4n) is 3.13. The van der Waals surface area contributed by atoms with Crippen LogP contribution in [0, 0.1) is 6.92 Å². The lowest BCUT2D eigenvalue weighted by Gasteiger charge is -2.18. The third kappa shape index (κ3) is 11.3. The van der Waals surface area contributed by atoms with Gasteiger partial charge < -0.3 is 24.3 Å². The maximum Gasteiger partial charge on any atom is 0.307 e. The maximum atomic E-state index is 12.5. The van der Waals surface area contributed by atoms with Crippen LogP contribution in [0.1, 0.15) is 24.5 Å². The average Bonchev–Trinajstić information content (AvgIpc) is 2.92. The van der Waals surface area contributed by atoms with Crippen LogP contribution in [0.4, 0.5) is 0 Å². The van der Waals surface area contributed by atoms with E-state index >= 15 is 0 Å². The molecule has 0 aliphatic heterocycles. The molecule has 0 fully saturated rings. The van der Waals surface area contributed by atoms with E-state index in [4.69, 9.17) is 23.9 Å². The van der Waals surface area contributed by atoms with Gasteiger partial charge in [0.15, 0.2) is 6.10 Å². The molecule has 2 atom stereocenters. The number of nitrogens with one attached hydrogen (secondary N) is 1. The average molecular weight is 579 g/mol. The second-order valence-corrected chi connectivity index (χ2v) is 9.85. The van der Waals surface area contributed by atoms with E-state index in [9.17, 15) is 22.8 Å². The summed E-state index contributed by atoms with van der Waals surface area (Å²) in [5.74, 6) is -1.59. The first-order valence-corrected chi connectivity index (χ1v) is 13.3. The standard InChI is InChI=1S/C25H30N4O10S/c1-17-6-4-9-22(12-17)40(33,34)38-16-21(39-18(2)30)15-36-20-8-5-7-19(13-20)14-37-25(28-29-26)24(32)27-11-10-23(31)35-3/h4-9,12-13,21,25H,10-11,14-16H2,1-3H3,(H,27,32). The molecule has 2 unspecified atom stereocenters. The van der Waals surface area contributed by atoms with Gasteiger partial charge in [0.05, 0.1) is 25.0 Å². The zero-order chi connectivity index (χ0) is 29.5. The summed E-state index contributed by atoms with van der Waals surface area (Å²) in [5.41, 5.74) is 10.0. The number of nitrogens with zero attached hydrogens (tertiary/aromatic N) is 3. The first-order valence-electron chi connectivity index (χ1n) is 11.9. The molecule has 0 spiro atoms. The molecule has 1 N–H and O–H groups in total. The summed E-state index contributed by atoms with van der Waals surface area (Å²) in [6.07, 6.45) is -2.60. The van der Waals surface area contributed by atoms with E-state index in [1.165, 1.54) is 26.2 Å². The van der Waals surface area contributed by atoms with Gasteiger partial charge in [-0.15, -0.1) is 0 Å². The lowest BCUT2D eigenvalue weighted by molar-refractivity contribution is -0.149. The summed E-state index contributed by atoms with van der Waals surface area (Å²) in [6.45, 7) is 2.04. The smallest absolute Gasteiger partial charge is 0.307 e. The minimum atomic E-state index is -4.10. The molecular formula is C25H30N4O10S. The molecule has 0 saturated carbocycles. The molecule has 0 radical (unpaired) electrons. The Labute approximate surface area is 231 Å². The summed E-state index contributed by atoms with van der Waals surface area (Å²) in [6, 6.07) is 12.6. The minimum absolute atomic E-state index is 0.0288. The molecular weight excluding hydrogens is 548 g/mol. The summed E-state index contributed by atoms with van der Waals surface area (Å²) in [7, 11) is -2.88. The molecule has 2 aromatic carbocycles. The van der Waals surface area contributed by atoms with Crippen molar-refractivity contribution in [1.82, 2.24) is 5.32 Å². The van der Waals surface area contributed by atoms with Crippen LogP contribution in [0.2, 0.25) is 0 Å². The Bertz CT molecular complexity index is 1330. The van der Waals surface area contributed by atoms with Crippen LogP contribution >= 0.6 is 0 Å². The second-order valence-electron chi connectivity index (χ2n) is 8.23. The maximum absolute atomic E-state index is 12.5. The van der Waals surface area contributed by atoms with E-state index in [-0.39, 0.29) is 31.1 Å². The van der Waals surface area contributed by atoms with Gasteiger partial charge in [-0.2, -0.15) is 8.42 Å². The van der Waals surface area contributed by atoms with Crippen molar-refractivity contribution in [2.75, 3.05) is 26.9 Å². The molecule has 216 valence electrons. The highest BCUT2D eigenvalue weighted by atomic mass is 32.2. The van der Waals surface area contributed by atoms with E-state index in [0.29, 0.717) is 11.3 Å². The van der Waals surface area contributed by atoms with E-state index in [0.717, 1.165) is 5.56 Å². The molecule has 0 aliphatic carbocycles. The molecule has 2 rings (SSSR count). The van der Waals surface area contributed by atoms with Crippen LogP contribution in [0.15, 0.2) is 58.5 Å². The SMILES string of the molecule is COC(=O)CCNC(=O)C(N=[N+]=[N-])OCc1cccc(OCC(COS(=O)(=O)c2cccc(C)c2)OC(C)=O)c1. The number of benzene rings is 2. The van der Waals surface area contributed by atoms with Gasteiger partial charge in [-0.25, -0.2) is 0 Å². The van der Waals surface area contributed by atoms with Crippen LogP contribution in [-0.2, 0) is 49.5 Å². The van der Waals surface area contributed by atoms with E-state index in [1.807, 2.05) is 0 Å². The number of amides is 1. The Hall–Kier alpha value is -4.17. The van der Waals surface area contributed by atoms with Gasteiger partial charge in [-0.05, 0) is 47.8 Å². The summed E-state index contributed by atoms with van der Waals surface area (Å²) in [4.78, 5) is 37.5. The number of rotatable bonds is 16. The first-order chi connectivity index (χ1) is 19.0. The summed E-state index contributed by atoms with van der Waals surface area (Å²) >= 11 is 0. The number of carbonyl (C=O) groups excluding carboxylic acids is 3. The first kappa shape index (κ1) is 32.0. The fourth-order valence-corrected chi connectivity index (χ4v) is 4.17. The van der Waals surface area contributed by atoms with E-state index in [2.05, 4.69) is 20.1 Å². The third-order valence-corrected chi connectivity index (χ3v) is 6.28. The molecule has 2 aromatic rings. The summed E-state index contributed by atoms with van der Waals surface area (Å²) in [5, 5.41) is 5.73. The van der Waals surface area contributed by atoms with Crippen LogP contribution in [0.3, 0.4) is 0 Å². The Morgan fingerprint density at radius 1 is 1.10 bits per heavy atom. The molecule has 15 heteroatoms. The van der Waals surface area contributed by atoms with Gasteiger partial charge in [0.2, 0.25) is 6.23 Å². The van der Waals surface area contributed by atoms with Crippen molar-refractivity contribution in [3.05, 3.63) is 70.1 Å². The number of methoxy groups -OCH3 is 1. The normalized spacial score (nSPS) is 12.4. The number of hydrogen-bond acceptors (Lipinski definition) is 11. The second kappa shape index (κ2) is 16.1. The largest absolute Gasteiger partial charge is 0.490 e. The van der Waals surface area contributed by atoms with E-state index in [1.54, 1.807) is 43.3 Å². The van der Waals surface area contributed by atoms with Gasteiger partial charge in [0.25, 0.3) is 16.0 Å². The van der Waals surface area contributed by atoms with Crippen molar-refractivity contribution in [1.29, 1.82) is 0 Å². The number of azide groups is 1. The minimum Gasteiger partial charge on any atom is -0.490 e. The van der Waals surface area contributed by atoms with Gasteiger partial charge in [0.1, 0.15) is 19.0 Å². The van der Waals surface area contributed by atoms with Crippen molar-refractivity contribution < 1.29 is 45.9 Å². The predicted octanol–water partition coefficient (Wildman–Crippen LogP) is 2.54. The highest BCUT2D eigenvalue weighted by Gasteiger charge is 2.22. The van der Waals surface area contributed by atoms with E-state index < -0.39 is 46.9 Å². The van der Waals surface area contributed by atoms with Crippen molar-refractivity contribution in [2.24, 2.45) is 5.11 Å². The fraction of sp³-hybridized carbons (Fsp3) is 0.400. The Morgan fingerprint density at radius 2 is 1.85 bits per heavy atom. The number of hydrogen-bond donors (Lipinski definition) is 1. The van der Waals surface area contributed by atoms with Crippen LogP contribution in [0.25, 0.3) is 10.4 Å². The molecule has 14 nitrogen and oxygen atoms in total. The number of esters is 2. The Kier molecular flexibility index (Phi) is 12.9. The zero-order valence-electron chi connectivity index (χ0n) is 22.1. The molecule has 0 aliphatic rings. The monoisotopic (exact) mass is 578 g/mol. The third-order valence-electron chi connectivity index (χ3n) is 5.00. The van der Waals surface area contributed by atoms with Crippen molar-refractivity contribution in [3.8, 4) is 5.75 Å². The van der Waals surface area contributed by atoms with Crippen LogP contribution in [-0.4, -0.2) is 65.5 Å². The van der Waals surface area contributed by atoms with Crippen LogP contribution in [0.5, 0.6) is 5.75 Å². The number of aryl methyl sites for hydroxylation is 1. The van der Waals surface area contributed by atoms with Gasteiger partial charge in [-0.1, -0.05) is 29.4 Å². The lowest BCUT2D eigenvalue weighted by atomic mass is 10.2. The molecule has 0 heterocycles. The van der Waals surface area contributed by atoms with Crippen molar-refractivity contribution in [3.63, 3.8) is 0 Å². The van der Waals surface area contributed by atoms with Crippen LogP contribution < -0.4 is 10.1 Å². The Balaban J connectivity index is 1.97. The quantitative estimate of drug-likeness (QED) is 0.102. The van der Waals surface area contributed by atoms with Gasteiger partial charge in [-0.3, -0.25) is 18.6 Å². The molecule has 1 amide bonds. The zero-order valence-corrected chi connectivity index (χ0v) is 23.0. The Morgan fingerprint density at radius 3 is 2.52 bits per heavy atom. The highest BCUT2D eigenvalue weighted by molar-refractivity contribution is 7.86. The molecule has 0 saturated heterocycles. The lowest BCUT2D eigenvalue weighted by Crippen LogP contribution is -2.36. The summed E-state index contributed by atoms with van der Waals surface area (Å²) < 4.78 is 50.9. The van der Waals surface area contributed by atoms with Crippen molar-refractivity contribution in [2.45, 2.75) is 44.1 Å². The van der Waals surface area contributed by atoms with Crippen molar-refractivity contribution >= 4 is 28.0 Å². The molecule has 40 heavy (non-hydrogen) atoms. The van der Waals surface area contributed by atoms with Gasteiger partial charge in [0, 0.05) is 18.4 Å². The number of ether oxygens (including phenoxy) is 4.